The number of aromatic nitrogens is 5. The van der Waals surface area contributed by atoms with E-state index < -0.39 is 0 Å². The Balaban J connectivity index is 1.20. The fourth-order valence-corrected chi connectivity index (χ4v) is 3.96. The van der Waals surface area contributed by atoms with Crippen molar-refractivity contribution in [3.63, 3.8) is 0 Å². The number of unbranched alkanes of at least 4 members (excludes halogenated alkanes) is 2. The third kappa shape index (κ3) is 4.58. The zero-order valence-corrected chi connectivity index (χ0v) is 16.1. The molecule has 7 nitrogen and oxygen atoms in total. The van der Waals surface area contributed by atoms with Gasteiger partial charge in [0, 0.05) is 23.4 Å². The Morgan fingerprint density at radius 3 is 2.86 bits per heavy atom. The van der Waals surface area contributed by atoms with Gasteiger partial charge in [-0.2, -0.15) is 0 Å². The molecular weight excluding hydrogens is 354 g/mol. The number of aryl methyl sites for hydroxylation is 1. The molecule has 0 bridgehead atoms. The van der Waals surface area contributed by atoms with Crippen molar-refractivity contribution in [2.24, 2.45) is 0 Å². The molecule has 0 unspecified atom stereocenters. The summed E-state index contributed by atoms with van der Waals surface area (Å²) in [4.78, 5) is 14.1. The lowest BCUT2D eigenvalue weighted by molar-refractivity contribution is 0.302. The van der Waals surface area contributed by atoms with Crippen LogP contribution in [0.25, 0.3) is 10.9 Å². The standard InChI is InChI=1S/C21H27N5O2/c27-21-13-10-16-15-18(11-12-19(16)22-21)28-14-6-2-5-9-20-23-24-25-26(20)17-7-3-1-4-8-17/h10-13,15,17H,1-9,14H2,(H,22,27). The number of H-pyrrole nitrogens is 1. The molecular formula is C21H27N5O2. The van der Waals surface area contributed by atoms with E-state index in [1.165, 1.54) is 38.2 Å². The van der Waals surface area contributed by atoms with Crippen LogP contribution in [0.4, 0.5) is 0 Å². The van der Waals surface area contributed by atoms with Gasteiger partial charge in [-0.25, -0.2) is 4.68 Å². The van der Waals surface area contributed by atoms with Gasteiger partial charge in [0.25, 0.3) is 0 Å². The Morgan fingerprint density at radius 1 is 1.07 bits per heavy atom. The van der Waals surface area contributed by atoms with Crippen LogP contribution < -0.4 is 10.3 Å². The topological polar surface area (TPSA) is 85.7 Å². The maximum Gasteiger partial charge on any atom is 0.248 e. The zero-order valence-electron chi connectivity index (χ0n) is 16.1. The Hall–Kier alpha value is -2.70. The van der Waals surface area contributed by atoms with Crippen molar-refractivity contribution in [3.05, 3.63) is 46.5 Å². The summed E-state index contributed by atoms with van der Waals surface area (Å²) >= 11 is 0. The van der Waals surface area contributed by atoms with Crippen molar-refractivity contribution in [1.82, 2.24) is 25.2 Å². The third-order valence-corrected chi connectivity index (χ3v) is 5.49. The van der Waals surface area contributed by atoms with Gasteiger partial charge in [-0.05, 0) is 66.8 Å². The van der Waals surface area contributed by atoms with Gasteiger partial charge in [0.1, 0.15) is 5.75 Å². The summed E-state index contributed by atoms with van der Waals surface area (Å²) in [5, 5.41) is 13.3. The number of tetrazole rings is 1. The van der Waals surface area contributed by atoms with Crippen molar-refractivity contribution < 1.29 is 4.74 Å². The molecule has 7 heteroatoms. The Kier molecular flexibility index (Phi) is 5.99. The van der Waals surface area contributed by atoms with Crippen molar-refractivity contribution in [2.75, 3.05) is 6.61 Å². The lowest BCUT2D eigenvalue weighted by Crippen LogP contribution is -2.17. The van der Waals surface area contributed by atoms with Crippen LogP contribution in [-0.2, 0) is 6.42 Å². The number of nitrogens with one attached hydrogen (secondary N) is 1. The number of aromatic amines is 1. The van der Waals surface area contributed by atoms with E-state index in [0.717, 1.165) is 48.2 Å². The Bertz CT molecular complexity index is 959. The molecule has 1 N–H and O–H groups in total. The molecule has 1 aliphatic rings. The normalized spacial score (nSPS) is 15.1. The monoisotopic (exact) mass is 381 g/mol. The summed E-state index contributed by atoms with van der Waals surface area (Å²) in [6.45, 7) is 0.683. The number of rotatable bonds is 8. The van der Waals surface area contributed by atoms with E-state index in [2.05, 4.69) is 25.2 Å². The molecule has 0 spiro atoms. The van der Waals surface area contributed by atoms with Crippen molar-refractivity contribution >= 4 is 10.9 Å². The van der Waals surface area contributed by atoms with Gasteiger partial charge in [0.05, 0.1) is 12.6 Å². The lowest BCUT2D eigenvalue weighted by atomic mass is 9.95. The third-order valence-electron chi connectivity index (χ3n) is 5.49. The minimum absolute atomic E-state index is 0.0873. The molecule has 3 aromatic rings. The maximum atomic E-state index is 11.3. The quantitative estimate of drug-likeness (QED) is 0.600. The van der Waals surface area contributed by atoms with Crippen molar-refractivity contribution in [1.29, 1.82) is 0 Å². The van der Waals surface area contributed by atoms with Crippen LogP contribution in [0.1, 0.15) is 63.2 Å². The first kappa shape index (κ1) is 18.7. The number of hydrogen-bond donors (Lipinski definition) is 1. The van der Waals surface area contributed by atoms with Crippen LogP contribution in [0.5, 0.6) is 5.75 Å². The highest BCUT2D eigenvalue weighted by Crippen LogP contribution is 2.28. The molecule has 0 amide bonds. The summed E-state index contributed by atoms with van der Waals surface area (Å²) in [6.07, 6.45) is 10.4. The van der Waals surface area contributed by atoms with Crippen molar-refractivity contribution in [3.8, 4) is 5.75 Å². The molecule has 28 heavy (non-hydrogen) atoms. The van der Waals surface area contributed by atoms with Gasteiger partial charge in [-0.1, -0.05) is 19.3 Å². The number of ether oxygens (including phenoxy) is 1. The molecule has 2 heterocycles. The predicted octanol–water partition coefficient (Wildman–Crippen LogP) is 3.81. The average Bonchev–Trinajstić information content (AvgIpc) is 3.20. The SMILES string of the molecule is O=c1ccc2cc(OCCCCCc3nnnn3C3CCCCC3)ccc2[nH]1. The summed E-state index contributed by atoms with van der Waals surface area (Å²) in [6, 6.07) is 9.59. The van der Waals surface area contributed by atoms with Gasteiger partial charge in [-0.15, -0.1) is 5.10 Å². The zero-order chi connectivity index (χ0) is 19.2. The van der Waals surface area contributed by atoms with E-state index in [-0.39, 0.29) is 5.56 Å². The molecule has 4 rings (SSSR count). The second kappa shape index (κ2) is 8.99. The van der Waals surface area contributed by atoms with E-state index in [0.29, 0.717) is 12.6 Å². The van der Waals surface area contributed by atoms with Crippen LogP contribution in [0.15, 0.2) is 35.1 Å². The Morgan fingerprint density at radius 2 is 1.96 bits per heavy atom. The molecule has 148 valence electrons. The number of nitrogens with zero attached hydrogens (tertiary/aromatic N) is 4. The molecule has 0 saturated heterocycles. The highest BCUT2D eigenvalue weighted by Gasteiger charge is 2.19. The largest absolute Gasteiger partial charge is 0.494 e. The number of benzene rings is 1. The molecule has 2 aromatic heterocycles. The second-order valence-corrected chi connectivity index (χ2v) is 7.56. The first-order valence-electron chi connectivity index (χ1n) is 10.3. The molecule has 0 aliphatic heterocycles. The highest BCUT2D eigenvalue weighted by molar-refractivity contribution is 5.79. The van der Waals surface area contributed by atoms with Crippen LogP contribution in [-0.4, -0.2) is 31.8 Å². The van der Waals surface area contributed by atoms with E-state index in [1.807, 2.05) is 24.3 Å². The summed E-state index contributed by atoms with van der Waals surface area (Å²) in [7, 11) is 0. The molecule has 0 atom stereocenters. The Labute approximate surface area is 164 Å². The minimum atomic E-state index is -0.0873. The fourth-order valence-electron chi connectivity index (χ4n) is 3.96. The maximum absolute atomic E-state index is 11.3. The summed E-state index contributed by atoms with van der Waals surface area (Å²) in [5.41, 5.74) is 0.742. The van der Waals surface area contributed by atoms with E-state index in [1.54, 1.807) is 0 Å². The number of hydrogen-bond acceptors (Lipinski definition) is 5. The minimum Gasteiger partial charge on any atom is -0.494 e. The van der Waals surface area contributed by atoms with E-state index in [4.69, 9.17) is 4.74 Å². The molecule has 1 fully saturated rings. The average molecular weight is 381 g/mol. The van der Waals surface area contributed by atoms with Crippen LogP contribution in [0.2, 0.25) is 0 Å². The first-order chi connectivity index (χ1) is 13.8. The highest BCUT2D eigenvalue weighted by atomic mass is 16.5. The number of pyridine rings is 1. The smallest absolute Gasteiger partial charge is 0.248 e. The van der Waals surface area contributed by atoms with E-state index >= 15 is 0 Å². The van der Waals surface area contributed by atoms with Crippen molar-refractivity contribution in [2.45, 2.75) is 63.8 Å². The second-order valence-electron chi connectivity index (χ2n) is 7.56. The molecule has 1 aromatic carbocycles. The van der Waals surface area contributed by atoms with Gasteiger partial charge in [0.15, 0.2) is 5.82 Å². The van der Waals surface area contributed by atoms with Crippen LogP contribution in [0.3, 0.4) is 0 Å². The van der Waals surface area contributed by atoms with E-state index in [9.17, 15) is 4.79 Å². The number of fused-ring (bicyclic) bond motifs is 1. The predicted molar refractivity (Wildman–Crippen MR) is 108 cm³/mol. The van der Waals surface area contributed by atoms with Gasteiger partial charge < -0.3 is 9.72 Å². The summed E-state index contributed by atoms with van der Waals surface area (Å²) < 4.78 is 7.93. The van der Waals surface area contributed by atoms with Gasteiger partial charge in [0.2, 0.25) is 5.56 Å². The lowest BCUT2D eigenvalue weighted by Gasteiger charge is -2.22. The fraction of sp³-hybridized carbons (Fsp3) is 0.524. The molecule has 1 saturated carbocycles. The van der Waals surface area contributed by atoms with Gasteiger partial charge in [-0.3, -0.25) is 4.79 Å². The molecule has 0 radical (unpaired) electrons. The van der Waals surface area contributed by atoms with Crippen LogP contribution >= 0.6 is 0 Å². The molecule has 1 aliphatic carbocycles. The summed E-state index contributed by atoms with van der Waals surface area (Å²) in [5.74, 6) is 1.86. The van der Waals surface area contributed by atoms with Crippen LogP contribution in [0, 0.1) is 0 Å². The van der Waals surface area contributed by atoms with Gasteiger partial charge >= 0.3 is 0 Å². The first-order valence-corrected chi connectivity index (χ1v) is 10.3.